The lowest BCUT2D eigenvalue weighted by Crippen LogP contribution is -2.21. The molecular formula is C16H12O4. The molecule has 3 rings (SSSR count). The van der Waals surface area contributed by atoms with Crippen molar-refractivity contribution in [1.29, 1.82) is 0 Å². The average Bonchev–Trinajstić information content (AvgIpc) is 2.51. The van der Waals surface area contributed by atoms with Crippen LogP contribution in [0.15, 0.2) is 36.4 Å². The van der Waals surface area contributed by atoms with Crippen LogP contribution in [0.3, 0.4) is 0 Å². The summed E-state index contributed by atoms with van der Waals surface area (Å²) in [5, 5.41) is 0. The van der Waals surface area contributed by atoms with Gasteiger partial charge in [0.2, 0.25) is 11.6 Å². The van der Waals surface area contributed by atoms with Crippen LogP contribution in [-0.4, -0.2) is 25.8 Å². The Balaban J connectivity index is 2.27. The molecule has 0 fully saturated rings. The van der Waals surface area contributed by atoms with Crippen LogP contribution in [0.25, 0.3) is 11.1 Å². The zero-order valence-corrected chi connectivity index (χ0v) is 11.1. The average molecular weight is 268 g/mol. The highest BCUT2D eigenvalue weighted by atomic mass is 16.5. The van der Waals surface area contributed by atoms with Crippen molar-refractivity contribution in [1.82, 2.24) is 0 Å². The molecule has 100 valence electrons. The lowest BCUT2D eigenvalue weighted by Gasteiger charge is -2.19. The fraction of sp³-hybridized carbons (Fsp3) is 0.125. The number of ketones is 2. The molecule has 0 radical (unpaired) electrons. The van der Waals surface area contributed by atoms with Crippen molar-refractivity contribution >= 4 is 11.6 Å². The number of Topliss-reactive ketones (excluding diaryl/α,β-unsaturated/α-hetero) is 2. The van der Waals surface area contributed by atoms with Gasteiger partial charge in [-0.05, 0) is 47.5 Å². The van der Waals surface area contributed by atoms with Gasteiger partial charge < -0.3 is 9.47 Å². The molecule has 0 saturated heterocycles. The van der Waals surface area contributed by atoms with Crippen LogP contribution in [0.5, 0.6) is 11.5 Å². The topological polar surface area (TPSA) is 52.6 Å². The van der Waals surface area contributed by atoms with E-state index < -0.39 is 11.6 Å². The maximum atomic E-state index is 12.2. The molecule has 0 aromatic heterocycles. The summed E-state index contributed by atoms with van der Waals surface area (Å²) in [6, 6.07) is 10.3. The molecule has 0 N–H and O–H groups in total. The Morgan fingerprint density at radius 2 is 1.05 bits per heavy atom. The van der Waals surface area contributed by atoms with Crippen LogP contribution in [0.4, 0.5) is 0 Å². The zero-order chi connectivity index (χ0) is 14.3. The number of benzene rings is 2. The number of ether oxygens (including phenoxy) is 2. The second-order valence-corrected chi connectivity index (χ2v) is 4.48. The molecule has 4 nitrogen and oxygen atoms in total. The van der Waals surface area contributed by atoms with E-state index in [4.69, 9.17) is 9.47 Å². The maximum absolute atomic E-state index is 12.2. The molecule has 2 aromatic carbocycles. The van der Waals surface area contributed by atoms with E-state index >= 15 is 0 Å². The number of fused-ring (bicyclic) bond motifs is 3. The highest BCUT2D eigenvalue weighted by Gasteiger charge is 2.31. The van der Waals surface area contributed by atoms with E-state index in [-0.39, 0.29) is 0 Å². The van der Waals surface area contributed by atoms with Crippen LogP contribution in [0.1, 0.15) is 20.7 Å². The summed E-state index contributed by atoms with van der Waals surface area (Å²) in [5.41, 5.74) is 2.25. The van der Waals surface area contributed by atoms with E-state index in [1.165, 1.54) is 14.2 Å². The number of carbonyl (C=O) groups excluding carboxylic acids is 2. The summed E-state index contributed by atoms with van der Waals surface area (Å²) in [4.78, 5) is 24.4. The van der Waals surface area contributed by atoms with Crippen LogP contribution in [-0.2, 0) is 0 Å². The summed E-state index contributed by atoms with van der Waals surface area (Å²) < 4.78 is 10.2. The van der Waals surface area contributed by atoms with Gasteiger partial charge in [-0.2, -0.15) is 0 Å². The summed E-state index contributed by atoms with van der Waals surface area (Å²) in [6.45, 7) is 0. The maximum Gasteiger partial charge on any atom is 0.234 e. The van der Waals surface area contributed by atoms with Crippen molar-refractivity contribution in [3.63, 3.8) is 0 Å². The van der Waals surface area contributed by atoms with Crippen LogP contribution >= 0.6 is 0 Å². The molecule has 4 heteroatoms. The molecule has 2 aromatic rings. The number of rotatable bonds is 2. The molecule has 0 aliphatic heterocycles. The fourth-order valence-corrected chi connectivity index (χ4v) is 2.39. The molecule has 0 heterocycles. The summed E-state index contributed by atoms with van der Waals surface area (Å²) in [7, 11) is 3.05. The molecule has 1 aliphatic carbocycles. The van der Waals surface area contributed by atoms with E-state index in [9.17, 15) is 9.59 Å². The molecular weight excluding hydrogens is 256 g/mol. The quantitative estimate of drug-likeness (QED) is 0.786. The van der Waals surface area contributed by atoms with Gasteiger partial charge >= 0.3 is 0 Å². The van der Waals surface area contributed by atoms with Crippen LogP contribution in [0, 0.1) is 0 Å². The standard InChI is InChI=1S/C16H12O4/c1-19-9-3-5-11-12-6-4-10(20-2)8-14(12)16(18)15(17)13(11)7-9/h3-8H,1-2H3. The number of hydrogen-bond acceptors (Lipinski definition) is 4. The number of methoxy groups -OCH3 is 2. The van der Waals surface area contributed by atoms with Gasteiger partial charge in [0, 0.05) is 11.1 Å². The Hall–Kier alpha value is -2.62. The van der Waals surface area contributed by atoms with Gasteiger partial charge in [-0.25, -0.2) is 0 Å². The van der Waals surface area contributed by atoms with Crippen molar-refractivity contribution in [3.8, 4) is 22.6 Å². The summed E-state index contributed by atoms with van der Waals surface area (Å²) in [5.74, 6) is 0.0861. The fourth-order valence-electron chi connectivity index (χ4n) is 2.39. The van der Waals surface area contributed by atoms with Gasteiger partial charge in [-0.15, -0.1) is 0 Å². The number of carbonyl (C=O) groups is 2. The van der Waals surface area contributed by atoms with E-state index in [0.29, 0.717) is 22.6 Å². The minimum Gasteiger partial charge on any atom is -0.497 e. The third-order valence-electron chi connectivity index (χ3n) is 3.44. The van der Waals surface area contributed by atoms with E-state index in [1.54, 1.807) is 36.4 Å². The third-order valence-corrected chi connectivity index (χ3v) is 3.44. The Kier molecular flexibility index (Phi) is 2.79. The van der Waals surface area contributed by atoms with Crippen molar-refractivity contribution in [3.05, 3.63) is 47.5 Å². The van der Waals surface area contributed by atoms with Crippen molar-refractivity contribution in [2.45, 2.75) is 0 Å². The first-order chi connectivity index (χ1) is 9.65. The molecule has 0 bridgehead atoms. The first-order valence-corrected chi connectivity index (χ1v) is 6.11. The lowest BCUT2D eigenvalue weighted by atomic mass is 9.84. The Morgan fingerprint density at radius 1 is 0.650 bits per heavy atom. The third kappa shape index (κ3) is 1.69. The second kappa shape index (κ2) is 4.49. The molecule has 0 atom stereocenters. The molecule has 0 unspecified atom stereocenters. The van der Waals surface area contributed by atoms with Crippen LogP contribution < -0.4 is 9.47 Å². The predicted octanol–water partition coefficient (Wildman–Crippen LogP) is 2.75. The highest BCUT2D eigenvalue weighted by molar-refractivity contribution is 6.53. The smallest absolute Gasteiger partial charge is 0.234 e. The zero-order valence-electron chi connectivity index (χ0n) is 11.1. The van der Waals surface area contributed by atoms with Gasteiger partial charge in [-0.1, -0.05) is 0 Å². The second-order valence-electron chi connectivity index (χ2n) is 4.48. The van der Waals surface area contributed by atoms with Crippen molar-refractivity contribution in [2.75, 3.05) is 14.2 Å². The predicted molar refractivity (Wildman–Crippen MR) is 73.6 cm³/mol. The van der Waals surface area contributed by atoms with Gasteiger partial charge in [0.25, 0.3) is 0 Å². The number of hydrogen-bond donors (Lipinski definition) is 0. The molecule has 0 saturated carbocycles. The van der Waals surface area contributed by atoms with Gasteiger partial charge in [-0.3, -0.25) is 9.59 Å². The molecule has 1 aliphatic rings. The lowest BCUT2D eigenvalue weighted by molar-refractivity contribution is 0.0815. The highest BCUT2D eigenvalue weighted by Crippen LogP contribution is 2.36. The normalized spacial score (nSPS) is 12.7. The van der Waals surface area contributed by atoms with E-state index in [1.807, 2.05) is 0 Å². The minimum absolute atomic E-state index is 0.381. The first-order valence-electron chi connectivity index (χ1n) is 6.11. The van der Waals surface area contributed by atoms with Crippen molar-refractivity contribution < 1.29 is 19.1 Å². The van der Waals surface area contributed by atoms with Crippen molar-refractivity contribution in [2.24, 2.45) is 0 Å². The molecule has 0 amide bonds. The molecule has 0 spiro atoms. The summed E-state index contributed by atoms with van der Waals surface area (Å²) >= 11 is 0. The Bertz CT molecular complexity index is 668. The molecule has 20 heavy (non-hydrogen) atoms. The van der Waals surface area contributed by atoms with E-state index in [0.717, 1.165) is 11.1 Å². The largest absolute Gasteiger partial charge is 0.497 e. The van der Waals surface area contributed by atoms with Gasteiger partial charge in [0.15, 0.2) is 0 Å². The van der Waals surface area contributed by atoms with E-state index in [2.05, 4.69) is 0 Å². The van der Waals surface area contributed by atoms with Crippen LogP contribution in [0.2, 0.25) is 0 Å². The SMILES string of the molecule is COc1ccc2c(c1)C(=O)C(=O)c1cc(OC)ccc1-2. The Morgan fingerprint density at radius 3 is 1.40 bits per heavy atom. The van der Waals surface area contributed by atoms with Gasteiger partial charge in [0.1, 0.15) is 11.5 Å². The van der Waals surface area contributed by atoms with Gasteiger partial charge in [0.05, 0.1) is 14.2 Å². The minimum atomic E-state index is -0.514. The first kappa shape index (κ1) is 12.4. The Labute approximate surface area is 115 Å². The summed E-state index contributed by atoms with van der Waals surface area (Å²) in [6.07, 6.45) is 0. The monoisotopic (exact) mass is 268 g/mol.